The fraction of sp³-hybridized carbons (Fsp3) is 0.280. The largest absolute Gasteiger partial charge is 0.357 e. The maximum absolute atomic E-state index is 13.9. The van der Waals surface area contributed by atoms with Gasteiger partial charge in [0.15, 0.2) is 0 Å². The van der Waals surface area contributed by atoms with Crippen molar-refractivity contribution in [3.05, 3.63) is 96.3 Å². The lowest BCUT2D eigenvalue weighted by atomic mass is 9.95. The smallest absolute Gasteiger partial charge is 0.248 e. The monoisotopic (exact) mass is 385 g/mol. The fourth-order valence-corrected chi connectivity index (χ4v) is 4.27. The SMILES string of the molecule is C[C@@]1(C(=O)N(Cc2ccccc2)Cc2ccccc2)CCCN1c1ccncc1. The average molecular weight is 386 g/mol. The van der Waals surface area contributed by atoms with Crippen molar-refractivity contribution in [1.82, 2.24) is 9.88 Å². The van der Waals surface area contributed by atoms with Gasteiger partial charge in [-0.2, -0.15) is 0 Å². The van der Waals surface area contributed by atoms with Gasteiger partial charge in [-0.25, -0.2) is 0 Å². The second-order valence-electron chi connectivity index (χ2n) is 7.87. The summed E-state index contributed by atoms with van der Waals surface area (Å²) in [5.41, 5.74) is 2.81. The van der Waals surface area contributed by atoms with Gasteiger partial charge in [0, 0.05) is 37.7 Å². The molecule has 4 heteroatoms. The molecule has 148 valence electrons. The van der Waals surface area contributed by atoms with Crippen molar-refractivity contribution in [3.8, 4) is 0 Å². The predicted octanol–water partition coefficient (Wildman–Crippen LogP) is 4.67. The van der Waals surface area contributed by atoms with E-state index in [4.69, 9.17) is 0 Å². The first-order chi connectivity index (χ1) is 14.2. The van der Waals surface area contributed by atoms with E-state index in [9.17, 15) is 4.79 Å². The zero-order valence-electron chi connectivity index (χ0n) is 16.9. The van der Waals surface area contributed by atoms with E-state index in [0.29, 0.717) is 13.1 Å². The Morgan fingerprint density at radius 3 is 2.03 bits per heavy atom. The van der Waals surface area contributed by atoms with E-state index in [1.165, 1.54) is 0 Å². The van der Waals surface area contributed by atoms with Crippen LogP contribution in [0.2, 0.25) is 0 Å². The third-order valence-electron chi connectivity index (χ3n) is 5.80. The topological polar surface area (TPSA) is 36.4 Å². The summed E-state index contributed by atoms with van der Waals surface area (Å²) in [5, 5.41) is 0. The van der Waals surface area contributed by atoms with Crippen molar-refractivity contribution < 1.29 is 4.79 Å². The Morgan fingerprint density at radius 2 is 1.48 bits per heavy atom. The Balaban J connectivity index is 1.64. The molecule has 4 nitrogen and oxygen atoms in total. The summed E-state index contributed by atoms with van der Waals surface area (Å²) in [7, 11) is 0. The van der Waals surface area contributed by atoms with E-state index in [2.05, 4.69) is 41.1 Å². The minimum atomic E-state index is -0.551. The third-order valence-corrected chi connectivity index (χ3v) is 5.80. The first kappa shape index (κ1) is 19.2. The van der Waals surface area contributed by atoms with Crippen molar-refractivity contribution in [2.45, 2.75) is 38.4 Å². The molecule has 0 aliphatic carbocycles. The average Bonchev–Trinajstić information content (AvgIpc) is 3.17. The summed E-state index contributed by atoms with van der Waals surface area (Å²) in [4.78, 5) is 22.3. The number of hydrogen-bond acceptors (Lipinski definition) is 3. The molecule has 2 heterocycles. The third kappa shape index (κ3) is 4.16. The molecule has 0 radical (unpaired) electrons. The number of carbonyl (C=O) groups is 1. The van der Waals surface area contributed by atoms with Crippen LogP contribution in [0.1, 0.15) is 30.9 Å². The maximum atomic E-state index is 13.9. The summed E-state index contributed by atoms with van der Waals surface area (Å²) >= 11 is 0. The Labute approximate surface area is 172 Å². The molecule has 1 aliphatic rings. The fourth-order valence-electron chi connectivity index (χ4n) is 4.27. The van der Waals surface area contributed by atoms with Crippen LogP contribution in [0, 0.1) is 0 Å². The van der Waals surface area contributed by atoms with E-state index in [-0.39, 0.29) is 5.91 Å². The zero-order chi connectivity index (χ0) is 20.1. The lowest BCUT2D eigenvalue weighted by molar-refractivity contribution is -0.137. The quantitative estimate of drug-likeness (QED) is 0.619. The minimum absolute atomic E-state index is 0.180. The summed E-state index contributed by atoms with van der Waals surface area (Å²) in [6.07, 6.45) is 5.46. The van der Waals surface area contributed by atoms with Gasteiger partial charge < -0.3 is 9.80 Å². The number of benzene rings is 2. The van der Waals surface area contributed by atoms with E-state index in [1.807, 2.05) is 53.4 Å². The van der Waals surface area contributed by atoms with Gasteiger partial charge in [0.05, 0.1) is 0 Å². The summed E-state index contributed by atoms with van der Waals surface area (Å²) in [5.74, 6) is 0.180. The Kier molecular flexibility index (Phi) is 5.61. The van der Waals surface area contributed by atoms with Crippen molar-refractivity contribution in [2.75, 3.05) is 11.4 Å². The number of amides is 1. The molecule has 1 fully saturated rings. The van der Waals surface area contributed by atoms with E-state index in [1.54, 1.807) is 12.4 Å². The van der Waals surface area contributed by atoms with E-state index < -0.39 is 5.54 Å². The van der Waals surface area contributed by atoms with Crippen LogP contribution in [0.4, 0.5) is 5.69 Å². The maximum Gasteiger partial charge on any atom is 0.248 e. The molecule has 1 aliphatic heterocycles. The van der Waals surface area contributed by atoms with Crippen LogP contribution in [0.25, 0.3) is 0 Å². The van der Waals surface area contributed by atoms with Crippen LogP contribution < -0.4 is 4.90 Å². The number of carbonyl (C=O) groups excluding carboxylic acids is 1. The molecule has 3 aromatic rings. The summed E-state index contributed by atoms with van der Waals surface area (Å²) < 4.78 is 0. The van der Waals surface area contributed by atoms with Gasteiger partial charge in [0.1, 0.15) is 5.54 Å². The van der Waals surface area contributed by atoms with E-state index in [0.717, 1.165) is 36.2 Å². The number of rotatable bonds is 6. The highest BCUT2D eigenvalue weighted by Crippen LogP contribution is 2.36. The number of pyridine rings is 1. The number of nitrogens with zero attached hydrogens (tertiary/aromatic N) is 3. The molecule has 0 unspecified atom stereocenters. The van der Waals surface area contributed by atoms with Crippen molar-refractivity contribution in [1.29, 1.82) is 0 Å². The van der Waals surface area contributed by atoms with Gasteiger partial charge in [-0.1, -0.05) is 60.7 Å². The molecular weight excluding hydrogens is 358 g/mol. The molecule has 1 aromatic heterocycles. The highest BCUT2D eigenvalue weighted by Gasteiger charge is 2.45. The molecule has 1 amide bonds. The van der Waals surface area contributed by atoms with Crippen LogP contribution in [-0.4, -0.2) is 27.9 Å². The molecule has 0 N–H and O–H groups in total. The number of hydrogen-bond donors (Lipinski definition) is 0. The molecular formula is C25H27N3O. The summed E-state index contributed by atoms with van der Waals surface area (Å²) in [6.45, 7) is 4.19. The zero-order valence-corrected chi connectivity index (χ0v) is 16.9. The second-order valence-corrected chi connectivity index (χ2v) is 7.87. The van der Waals surface area contributed by atoms with E-state index >= 15 is 0 Å². The first-order valence-corrected chi connectivity index (χ1v) is 10.2. The van der Waals surface area contributed by atoms with Crippen LogP contribution >= 0.6 is 0 Å². The molecule has 1 saturated heterocycles. The molecule has 1 atom stereocenters. The molecule has 0 saturated carbocycles. The lowest BCUT2D eigenvalue weighted by Gasteiger charge is -2.39. The Hall–Kier alpha value is -3.14. The summed E-state index contributed by atoms with van der Waals surface area (Å²) in [6, 6.07) is 24.5. The van der Waals surface area contributed by atoms with Crippen LogP contribution in [0.15, 0.2) is 85.2 Å². The van der Waals surface area contributed by atoms with Gasteiger partial charge >= 0.3 is 0 Å². The van der Waals surface area contributed by atoms with Gasteiger partial charge in [-0.05, 0) is 43.0 Å². The second kappa shape index (κ2) is 8.48. The molecule has 0 bridgehead atoms. The molecule has 29 heavy (non-hydrogen) atoms. The Morgan fingerprint density at radius 1 is 0.931 bits per heavy atom. The van der Waals surface area contributed by atoms with Gasteiger partial charge in [0.2, 0.25) is 5.91 Å². The van der Waals surface area contributed by atoms with Gasteiger partial charge in [-0.15, -0.1) is 0 Å². The minimum Gasteiger partial charge on any atom is -0.357 e. The van der Waals surface area contributed by atoms with Crippen LogP contribution in [0.3, 0.4) is 0 Å². The normalized spacial score (nSPS) is 18.6. The molecule has 0 spiro atoms. The van der Waals surface area contributed by atoms with Crippen LogP contribution in [0.5, 0.6) is 0 Å². The highest BCUT2D eigenvalue weighted by molar-refractivity contribution is 5.90. The van der Waals surface area contributed by atoms with Crippen molar-refractivity contribution in [3.63, 3.8) is 0 Å². The predicted molar refractivity (Wildman–Crippen MR) is 116 cm³/mol. The Bertz CT molecular complexity index is 889. The van der Waals surface area contributed by atoms with Crippen LogP contribution in [-0.2, 0) is 17.9 Å². The molecule has 2 aromatic carbocycles. The lowest BCUT2D eigenvalue weighted by Crippen LogP contribution is -2.54. The molecule has 4 rings (SSSR count). The highest BCUT2D eigenvalue weighted by atomic mass is 16.2. The number of anilines is 1. The van der Waals surface area contributed by atoms with Gasteiger partial charge in [-0.3, -0.25) is 9.78 Å². The van der Waals surface area contributed by atoms with Crippen molar-refractivity contribution >= 4 is 11.6 Å². The standard InChI is InChI=1S/C25H27N3O/c1-25(15-8-18-28(25)23-13-16-26-17-14-23)24(29)27(19-21-9-4-2-5-10-21)20-22-11-6-3-7-12-22/h2-7,9-14,16-17H,8,15,18-20H2,1H3/t25-/m0/s1. The number of aromatic nitrogens is 1. The van der Waals surface area contributed by atoms with Crippen molar-refractivity contribution in [2.24, 2.45) is 0 Å². The van der Waals surface area contributed by atoms with Gasteiger partial charge in [0.25, 0.3) is 0 Å². The first-order valence-electron chi connectivity index (χ1n) is 10.2.